The summed E-state index contributed by atoms with van der Waals surface area (Å²) in [6.07, 6.45) is 1.82. The van der Waals surface area contributed by atoms with Crippen molar-refractivity contribution in [2.45, 2.75) is 85.7 Å². The minimum absolute atomic E-state index is 0.0889. The molecule has 276 valence electrons. The molecule has 0 bridgehead atoms. The smallest absolute Gasteiger partial charge is 0.320 e. The highest BCUT2D eigenvalue weighted by atomic mass is 16.6. The molecule has 1 aliphatic heterocycles. The van der Waals surface area contributed by atoms with Crippen LogP contribution in [0.3, 0.4) is 0 Å². The van der Waals surface area contributed by atoms with Crippen molar-refractivity contribution in [3.8, 4) is 0 Å². The van der Waals surface area contributed by atoms with Crippen LogP contribution in [0.25, 0.3) is 16.4 Å². The summed E-state index contributed by atoms with van der Waals surface area (Å²) in [7, 11) is 0. The highest BCUT2D eigenvalue weighted by Gasteiger charge is 2.26. The van der Waals surface area contributed by atoms with Gasteiger partial charge in [-0.1, -0.05) is 24.3 Å². The third kappa shape index (κ3) is 12.9. The average Bonchev–Trinajstić information content (AvgIpc) is 3.38. The zero-order valence-corrected chi connectivity index (χ0v) is 31.4. The van der Waals surface area contributed by atoms with Gasteiger partial charge in [-0.2, -0.15) is 9.61 Å². The van der Waals surface area contributed by atoms with Crippen LogP contribution in [0, 0.1) is 0 Å². The van der Waals surface area contributed by atoms with Crippen LogP contribution in [-0.4, -0.2) is 146 Å². The van der Waals surface area contributed by atoms with Gasteiger partial charge < -0.3 is 14.2 Å². The molecule has 0 saturated carbocycles. The summed E-state index contributed by atoms with van der Waals surface area (Å²) in [6, 6.07) is 7.95. The molecule has 0 atom stereocenters. The van der Waals surface area contributed by atoms with Gasteiger partial charge in [-0.3, -0.25) is 34.0 Å². The van der Waals surface area contributed by atoms with Crippen LogP contribution in [0.1, 0.15) is 68.1 Å². The average molecular weight is 697 g/mol. The summed E-state index contributed by atoms with van der Waals surface area (Å²) < 4.78 is 18.8. The zero-order chi connectivity index (χ0) is 36.7. The maximum absolute atomic E-state index is 13.0. The van der Waals surface area contributed by atoms with Crippen LogP contribution in [0.15, 0.2) is 30.5 Å². The second kappa shape index (κ2) is 16.5. The van der Waals surface area contributed by atoms with Gasteiger partial charge in [-0.15, -0.1) is 10.2 Å². The Morgan fingerprint density at radius 1 is 0.600 bits per heavy atom. The van der Waals surface area contributed by atoms with Gasteiger partial charge >= 0.3 is 17.9 Å². The van der Waals surface area contributed by atoms with E-state index in [1.165, 1.54) is 0 Å². The topological polar surface area (TPSA) is 135 Å². The highest BCUT2D eigenvalue weighted by Crippen LogP contribution is 2.18. The molecule has 4 rings (SSSR count). The lowest BCUT2D eigenvalue weighted by Gasteiger charge is -2.34. The van der Waals surface area contributed by atoms with E-state index >= 15 is 0 Å². The van der Waals surface area contributed by atoms with Crippen molar-refractivity contribution in [1.82, 2.24) is 39.4 Å². The summed E-state index contributed by atoms with van der Waals surface area (Å²) in [5.74, 6) is -0.246. The van der Waals surface area contributed by atoms with Gasteiger partial charge in [0, 0.05) is 63.1 Å². The van der Waals surface area contributed by atoms with E-state index in [1.54, 1.807) is 4.52 Å². The molecule has 1 fully saturated rings. The molecular weight excluding hydrogens is 640 g/mol. The van der Waals surface area contributed by atoms with Crippen molar-refractivity contribution in [3.63, 3.8) is 0 Å². The molecule has 2 aromatic heterocycles. The Morgan fingerprint density at radius 3 is 1.42 bits per heavy atom. The number of fused-ring (bicyclic) bond motifs is 3. The zero-order valence-electron chi connectivity index (χ0n) is 31.4. The van der Waals surface area contributed by atoms with Crippen molar-refractivity contribution in [1.29, 1.82) is 0 Å². The first-order valence-electron chi connectivity index (χ1n) is 17.5. The molecule has 0 N–H and O–H groups in total. The number of aromatic nitrogens is 4. The lowest BCUT2D eigenvalue weighted by Crippen LogP contribution is -2.49. The van der Waals surface area contributed by atoms with Crippen LogP contribution < -0.4 is 0 Å². The number of rotatable bonds is 8. The fraction of sp³-hybridized carbons (Fsp3) is 0.667. The normalized spacial score (nSPS) is 17.3. The number of benzene rings is 1. The summed E-state index contributed by atoms with van der Waals surface area (Å²) in [5, 5.41) is 15.6. The fourth-order valence-electron chi connectivity index (χ4n) is 5.71. The maximum Gasteiger partial charge on any atom is 0.320 e. The van der Waals surface area contributed by atoms with Gasteiger partial charge in [0.05, 0.1) is 32.4 Å². The quantitative estimate of drug-likeness (QED) is 0.253. The van der Waals surface area contributed by atoms with Gasteiger partial charge in [0.15, 0.2) is 11.5 Å². The van der Waals surface area contributed by atoms with Crippen molar-refractivity contribution >= 4 is 34.3 Å². The van der Waals surface area contributed by atoms with E-state index < -0.39 is 16.8 Å². The third-order valence-corrected chi connectivity index (χ3v) is 7.83. The molecule has 0 amide bonds. The Hall–Kier alpha value is -3.72. The maximum atomic E-state index is 13.0. The number of carbonyl (C=O) groups excluding carboxylic acids is 3. The molecule has 0 aliphatic carbocycles. The number of hydrogen-bond acceptors (Lipinski definition) is 13. The molecular formula is C36H56N8O6. The molecule has 14 heteroatoms. The van der Waals surface area contributed by atoms with E-state index in [1.807, 2.05) is 97.7 Å². The second-order valence-electron chi connectivity index (χ2n) is 15.9. The summed E-state index contributed by atoms with van der Waals surface area (Å²) in [4.78, 5) is 47.4. The Morgan fingerprint density at radius 2 is 1.00 bits per heavy atom. The Kier molecular flexibility index (Phi) is 12.9. The SMILES string of the molecule is CC(C)(C)OC(=O)CN1CCN(CC(=O)OC(C)(C)C)CCN(Cc2nnc3c4ccccc4cnn23)CCN(CC(=O)OC(C)(C)C)CC1. The lowest BCUT2D eigenvalue weighted by atomic mass is 10.2. The monoisotopic (exact) mass is 696 g/mol. The molecule has 3 heterocycles. The van der Waals surface area contributed by atoms with E-state index in [0.29, 0.717) is 70.4 Å². The molecule has 14 nitrogen and oxygen atoms in total. The number of ether oxygens (including phenoxy) is 3. The Labute approximate surface area is 296 Å². The van der Waals surface area contributed by atoms with Crippen molar-refractivity contribution in [2.24, 2.45) is 0 Å². The number of carbonyl (C=O) groups is 3. The molecule has 1 aromatic carbocycles. The van der Waals surface area contributed by atoms with Gasteiger partial charge in [0.2, 0.25) is 0 Å². The Bertz CT molecular complexity index is 1560. The molecule has 1 saturated heterocycles. The van der Waals surface area contributed by atoms with Crippen molar-refractivity contribution < 1.29 is 28.6 Å². The van der Waals surface area contributed by atoms with Gasteiger partial charge in [0.1, 0.15) is 16.8 Å². The van der Waals surface area contributed by atoms with Crippen molar-refractivity contribution in [2.75, 3.05) is 72.0 Å². The van der Waals surface area contributed by atoms with Gasteiger partial charge in [-0.25, -0.2) is 0 Å². The van der Waals surface area contributed by atoms with Crippen LogP contribution in [-0.2, 0) is 35.1 Å². The highest BCUT2D eigenvalue weighted by molar-refractivity contribution is 5.92. The van der Waals surface area contributed by atoms with Crippen molar-refractivity contribution in [3.05, 3.63) is 36.3 Å². The first-order valence-corrected chi connectivity index (χ1v) is 17.5. The number of esters is 3. The van der Waals surface area contributed by atoms with Gasteiger partial charge in [0.25, 0.3) is 0 Å². The summed E-state index contributed by atoms with van der Waals surface area (Å²) in [6.45, 7) is 21.8. The summed E-state index contributed by atoms with van der Waals surface area (Å²) >= 11 is 0. The standard InChI is InChI=1S/C36H56N8O6/c1-34(2,3)48-30(45)24-41-16-14-40(23-29-38-39-33-28-13-11-10-12-27(28)22-37-44(29)33)15-17-42(25-31(46)49-35(4,5)6)19-21-43(20-18-41)26-32(47)50-36(7,8)9/h10-13,22H,14-21,23-26H2,1-9H3. The molecule has 50 heavy (non-hydrogen) atoms. The fourth-order valence-corrected chi connectivity index (χ4v) is 5.71. The van der Waals surface area contributed by atoms with Crippen LogP contribution in [0.5, 0.6) is 0 Å². The second-order valence-corrected chi connectivity index (χ2v) is 15.9. The molecule has 0 spiro atoms. The molecule has 0 unspecified atom stereocenters. The minimum atomic E-state index is -0.614. The minimum Gasteiger partial charge on any atom is -0.459 e. The molecule has 1 aliphatic rings. The predicted molar refractivity (Wildman–Crippen MR) is 190 cm³/mol. The largest absolute Gasteiger partial charge is 0.459 e. The van der Waals surface area contributed by atoms with Crippen LogP contribution in [0.2, 0.25) is 0 Å². The molecule has 3 aromatic rings. The number of hydrogen-bond donors (Lipinski definition) is 0. The van der Waals surface area contributed by atoms with Crippen LogP contribution in [0.4, 0.5) is 0 Å². The number of nitrogens with zero attached hydrogens (tertiary/aromatic N) is 8. The Balaban J connectivity index is 1.59. The van der Waals surface area contributed by atoms with E-state index in [0.717, 1.165) is 10.8 Å². The third-order valence-electron chi connectivity index (χ3n) is 7.83. The summed E-state index contributed by atoms with van der Waals surface area (Å²) in [5.41, 5.74) is -1.14. The van der Waals surface area contributed by atoms with Gasteiger partial charge in [-0.05, 0) is 62.3 Å². The predicted octanol–water partition coefficient (Wildman–Crippen LogP) is 3.02. The van der Waals surface area contributed by atoms with E-state index in [2.05, 4.69) is 30.0 Å². The lowest BCUT2D eigenvalue weighted by molar-refractivity contribution is -0.158. The first-order chi connectivity index (χ1) is 23.3. The molecule has 0 radical (unpaired) electrons. The van der Waals surface area contributed by atoms with E-state index in [9.17, 15) is 14.4 Å². The van der Waals surface area contributed by atoms with Crippen LogP contribution >= 0.6 is 0 Å². The first kappa shape index (κ1) is 39.1. The van der Waals surface area contributed by atoms with E-state index in [-0.39, 0.29) is 37.5 Å². The van der Waals surface area contributed by atoms with E-state index in [4.69, 9.17) is 14.2 Å².